The summed E-state index contributed by atoms with van der Waals surface area (Å²) in [5.74, 6) is -9.44. The Morgan fingerprint density at radius 1 is 0.972 bits per heavy atom. The third-order valence-electron chi connectivity index (χ3n) is 5.98. The monoisotopic (exact) mass is 515 g/mol. The molecule has 0 heterocycles. The van der Waals surface area contributed by atoms with Crippen molar-refractivity contribution in [2.45, 2.75) is 45.8 Å². The smallest absolute Gasteiger partial charge is 0.450 e. The van der Waals surface area contributed by atoms with Gasteiger partial charge in [0.1, 0.15) is 6.54 Å². The first-order valence-electron chi connectivity index (χ1n) is 11.4. The molecule has 9 nitrogen and oxygen atoms in total. The van der Waals surface area contributed by atoms with Crippen LogP contribution in [0, 0.1) is 23.7 Å². The van der Waals surface area contributed by atoms with E-state index in [9.17, 15) is 37.1 Å². The molecule has 0 aliphatic heterocycles. The van der Waals surface area contributed by atoms with Gasteiger partial charge in [-0.3, -0.25) is 24.0 Å². The second kappa shape index (κ2) is 13.3. The van der Waals surface area contributed by atoms with E-state index in [0.29, 0.717) is 0 Å². The average Bonchev–Trinajstić information content (AvgIpc) is 2.82. The van der Waals surface area contributed by atoms with E-state index in [-0.39, 0.29) is 30.0 Å². The van der Waals surface area contributed by atoms with Crippen LogP contribution in [0.5, 0.6) is 0 Å². The number of halogens is 3. The van der Waals surface area contributed by atoms with Crippen molar-refractivity contribution in [1.29, 1.82) is 0 Å². The Balaban J connectivity index is 3.23. The molecule has 2 unspecified atom stereocenters. The SMILES string of the molecule is CC(CN)C(CC[C@@H](C(=O)c1ccc(C(=O)NCC(=O)O)cc1)C(=O)[C@H](N)C(C)C)C(=O)C(F)(F)F. The first kappa shape index (κ1) is 30.9. The molecule has 1 amide bonds. The van der Waals surface area contributed by atoms with Crippen LogP contribution in [0.4, 0.5) is 13.2 Å². The number of aliphatic carboxylic acids is 1. The highest BCUT2D eigenvalue weighted by atomic mass is 19.4. The number of ketones is 3. The quantitative estimate of drug-likeness (QED) is 0.215. The number of carbonyl (C=O) groups is 5. The fraction of sp³-hybridized carbons (Fsp3) is 0.542. The third kappa shape index (κ3) is 8.52. The van der Waals surface area contributed by atoms with Crippen LogP contribution in [-0.2, 0) is 14.4 Å². The van der Waals surface area contributed by atoms with Gasteiger partial charge in [0.05, 0.1) is 12.0 Å². The van der Waals surface area contributed by atoms with Crippen molar-refractivity contribution < 1.29 is 42.3 Å². The van der Waals surface area contributed by atoms with Gasteiger partial charge in [-0.15, -0.1) is 0 Å². The molecule has 200 valence electrons. The number of benzene rings is 1. The van der Waals surface area contributed by atoms with Crippen molar-refractivity contribution in [3.63, 3.8) is 0 Å². The van der Waals surface area contributed by atoms with Crippen molar-refractivity contribution in [2.75, 3.05) is 13.1 Å². The summed E-state index contributed by atoms with van der Waals surface area (Å²) in [6.07, 6.45) is -5.85. The van der Waals surface area contributed by atoms with Crippen LogP contribution in [0.25, 0.3) is 0 Å². The Morgan fingerprint density at radius 3 is 1.94 bits per heavy atom. The minimum atomic E-state index is -5.09. The second-order valence-corrected chi connectivity index (χ2v) is 9.00. The van der Waals surface area contributed by atoms with E-state index in [0.717, 1.165) is 0 Å². The zero-order valence-corrected chi connectivity index (χ0v) is 20.3. The summed E-state index contributed by atoms with van der Waals surface area (Å²) in [6, 6.07) is 3.94. The normalized spacial score (nSPS) is 15.0. The van der Waals surface area contributed by atoms with Crippen molar-refractivity contribution in [1.82, 2.24) is 5.32 Å². The maximum Gasteiger partial charge on any atom is 0.450 e. The summed E-state index contributed by atoms with van der Waals surface area (Å²) in [4.78, 5) is 60.8. The summed E-state index contributed by atoms with van der Waals surface area (Å²) >= 11 is 0. The molecule has 4 atom stereocenters. The minimum absolute atomic E-state index is 0.00432. The Labute approximate surface area is 206 Å². The number of carboxylic acid groups (broad SMARTS) is 1. The number of amides is 1. The van der Waals surface area contributed by atoms with Crippen LogP contribution in [0.1, 0.15) is 54.3 Å². The lowest BCUT2D eigenvalue weighted by molar-refractivity contribution is -0.177. The summed E-state index contributed by atoms with van der Waals surface area (Å²) in [5, 5.41) is 10.8. The molecule has 0 aliphatic rings. The molecule has 1 rings (SSSR count). The molecule has 0 saturated carbocycles. The number of rotatable bonds is 14. The van der Waals surface area contributed by atoms with Gasteiger partial charge in [-0.25, -0.2) is 0 Å². The summed E-state index contributed by atoms with van der Waals surface area (Å²) in [6.45, 7) is 3.89. The van der Waals surface area contributed by atoms with Crippen LogP contribution in [0.15, 0.2) is 24.3 Å². The molecule has 0 aromatic heterocycles. The number of Topliss-reactive ketones (excluding diaryl/α,β-unsaturated/α-hetero) is 3. The van der Waals surface area contributed by atoms with Gasteiger partial charge < -0.3 is 21.9 Å². The van der Waals surface area contributed by atoms with Crippen molar-refractivity contribution >= 4 is 29.2 Å². The van der Waals surface area contributed by atoms with Gasteiger partial charge in [0.2, 0.25) is 5.78 Å². The fourth-order valence-electron chi connectivity index (χ4n) is 3.60. The summed E-state index contributed by atoms with van der Waals surface area (Å²) in [5.41, 5.74) is 11.5. The molecule has 0 bridgehead atoms. The second-order valence-electron chi connectivity index (χ2n) is 9.00. The lowest BCUT2D eigenvalue weighted by Gasteiger charge is -2.26. The maximum absolute atomic E-state index is 13.2. The molecule has 0 fully saturated rings. The van der Waals surface area contributed by atoms with E-state index >= 15 is 0 Å². The fourth-order valence-corrected chi connectivity index (χ4v) is 3.60. The molecule has 6 N–H and O–H groups in total. The largest absolute Gasteiger partial charge is 0.480 e. The van der Waals surface area contributed by atoms with E-state index in [2.05, 4.69) is 5.32 Å². The predicted octanol–water partition coefficient (Wildman–Crippen LogP) is 1.97. The molecule has 0 radical (unpaired) electrons. The molecule has 0 aliphatic carbocycles. The number of alkyl halides is 3. The van der Waals surface area contributed by atoms with Gasteiger partial charge in [0, 0.05) is 17.0 Å². The van der Waals surface area contributed by atoms with Gasteiger partial charge in [0.15, 0.2) is 11.6 Å². The zero-order chi connectivity index (χ0) is 27.8. The van der Waals surface area contributed by atoms with Gasteiger partial charge in [-0.05, 0) is 43.4 Å². The van der Waals surface area contributed by atoms with Gasteiger partial charge in [0.25, 0.3) is 5.91 Å². The Bertz CT molecular complexity index is 963. The highest BCUT2D eigenvalue weighted by molar-refractivity contribution is 6.12. The van der Waals surface area contributed by atoms with Crippen LogP contribution in [0.3, 0.4) is 0 Å². The van der Waals surface area contributed by atoms with E-state index in [1.54, 1.807) is 13.8 Å². The Morgan fingerprint density at radius 2 is 1.50 bits per heavy atom. The van der Waals surface area contributed by atoms with Crippen LogP contribution in [-0.4, -0.2) is 59.6 Å². The molecule has 0 saturated heterocycles. The molecule has 0 spiro atoms. The van der Waals surface area contributed by atoms with Crippen molar-refractivity contribution in [2.24, 2.45) is 35.1 Å². The molecular weight excluding hydrogens is 483 g/mol. The standard InChI is InChI=1S/C24H32F3N3O6/c1-12(2)19(29)21(34)17(9-8-16(13(3)10-28)22(35)24(25,26)27)20(33)14-4-6-15(7-5-14)23(36)30-11-18(31)32/h4-7,12-13,16-17,19H,8-11,28-29H2,1-3H3,(H,30,36)(H,31,32)/t13?,16?,17-,19+/m0/s1. The number of nitrogens with two attached hydrogens (primary N) is 2. The summed E-state index contributed by atoms with van der Waals surface area (Å²) < 4.78 is 39.4. The minimum Gasteiger partial charge on any atom is -0.480 e. The van der Waals surface area contributed by atoms with E-state index in [1.165, 1.54) is 31.2 Å². The average molecular weight is 516 g/mol. The number of hydrogen-bond donors (Lipinski definition) is 4. The molecular formula is C24H32F3N3O6. The lowest BCUT2D eigenvalue weighted by Crippen LogP contribution is -2.43. The first-order chi connectivity index (χ1) is 16.6. The Kier molecular flexibility index (Phi) is 11.4. The molecule has 1 aromatic rings. The number of carbonyl (C=O) groups excluding carboxylic acids is 4. The topological polar surface area (TPSA) is 170 Å². The molecule has 12 heteroatoms. The van der Waals surface area contributed by atoms with Crippen LogP contribution in [0.2, 0.25) is 0 Å². The Hall–Kier alpha value is -3.12. The van der Waals surface area contributed by atoms with E-state index < -0.39 is 72.2 Å². The molecule has 36 heavy (non-hydrogen) atoms. The molecule has 1 aromatic carbocycles. The van der Waals surface area contributed by atoms with Gasteiger partial charge in [-0.2, -0.15) is 13.2 Å². The first-order valence-corrected chi connectivity index (χ1v) is 11.4. The third-order valence-corrected chi connectivity index (χ3v) is 5.98. The number of carboxylic acids is 1. The zero-order valence-electron chi connectivity index (χ0n) is 20.3. The predicted molar refractivity (Wildman–Crippen MR) is 124 cm³/mol. The number of nitrogens with one attached hydrogen (secondary N) is 1. The van der Waals surface area contributed by atoms with E-state index in [4.69, 9.17) is 16.6 Å². The highest BCUT2D eigenvalue weighted by Crippen LogP contribution is 2.31. The lowest BCUT2D eigenvalue weighted by atomic mass is 9.78. The van der Waals surface area contributed by atoms with Crippen LogP contribution >= 0.6 is 0 Å². The van der Waals surface area contributed by atoms with Crippen LogP contribution < -0.4 is 16.8 Å². The summed E-state index contributed by atoms with van der Waals surface area (Å²) in [7, 11) is 0. The maximum atomic E-state index is 13.2. The van der Waals surface area contributed by atoms with Gasteiger partial charge >= 0.3 is 12.1 Å². The van der Waals surface area contributed by atoms with Crippen molar-refractivity contribution in [3.8, 4) is 0 Å². The van der Waals surface area contributed by atoms with Crippen molar-refractivity contribution in [3.05, 3.63) is 35.4 Å². The highest BCUT2D eigenvalue weighted by Gasteiger charge is 2.45. The van der Waals surface area contributed by atoms with Gasteiger partial charge in [-0.1, -0.05) is 32.9 Å². The number of hydrogen-bond acceptors (Lipinski definition) is 7. The van der Waals surface area contributed by atoms with E-state index in [1.807, 2.05) is 0 Å².